The number of hydrogen-bond acceptors (Lipinski definition) is 14. The van der Waals surface area contributed by atoms with E-state index in [1.807, 2.05) is 0 Å². The van der Waals surface area contributed by atoms with Crippen LogP contribution >= 0.6 is 0 Å². The van der Waals surface area contributed by atoms with Crippen molar-refractivity contribution < 1.29 is 70.0 Å². The predicted molar refractivity (Wildman–Crippen MR) is 134 cm³/mol. The first-order valence-corrected chi connectivity index (χ1v) is 12.3. The minimum Gasteiger partial charge on any atom is -0.508 e. The lowest BCUT2D eigenvalue weighted by molar-refractivity contribution is -0.277. The normalized spacial score (nSPS) is 34.6. The second-order valence-electron chi connectivity index (χ2n) is 9.44. The van der Waals surface area contributed by atoms with Crippen molar-refractivity contribution in [3.8, 4) is 23.0 Å². The Balaban J connectivity index is 1.45. The number of benzene rings is 2. The first kappa shape index (κ1) is 30.0. The second kappa shape index (κ2) is 12.7. The largest absolute Gasteiger partial charge is 0.508 e. The Kier molecular flexibility index (Phi) is 9.48. The molecule has 2 aliphatic rings. The van der Waals surface area contributed by atoms with Crippen molar-refractivity contribution in [2.24, 2.45) is 0 Å². The lowest BCUT2D eigenvalue weighted by atomic mass is 9.99. The highest BCUT2D eigenvalue weighted by atomic mass is 16.7. The van der Waals surface area contributed by atoms with Gasteiger partial charge >= 0.3 is 0 Å². The molecule has 2 saturated heterocycles. The number of phenolic OH excluding ortho intramolecular Hbond substituents is 2. The summed E-state index contributed by atoms with van der Waals surface area (Å²) in [6.45, 7) is -1.25. The molecule has 0 amide bonds. The molecule has 2 fully saturated rings. The van der Waals surface area contributed by atoms with E-state index in [9.17, 15) is 51.1 Å². The zero-order valence-corrected chi connectivity index (χ0v) is 20.9. The molecule has 0 bridgehead atoms. The summed E-state index contributed by atoms with van der Waals surface area (Å²) in [6, 6.07) is 8.20. The van der Waals surface area contributed by atoms with Crippen LogP contribution in [-0.2, 0) is 9.47 Å². The molecule has 10 atom stereocenters. The van der Waals surface area contributed by atoms with Gasteiger partial charge in [0.05, 0.1) is 13.2 Å². The maximum absolute atomic E-state index is 10.5. The SMILES string of the molecule is OC[C@@H]1O[C@H](Oc2ccc(C=Cc3cc(O)cc(O[C@@H]4O[C@@H](CO)[C@@H](O)[C@@H](O)[C@H]4O)c3)c(O)c2)[C@@H](O)[C@H](O)[C@@H]1O. The minimum absolute atomic E-state index is 0.0384. The number of aliphatic hydroxyl groups is 8. The molecule has 0 unspecified atom stereocenters. The summed E-state index contributed by atoms with van der Waals surface area (Å²) in [5.74, 6) is -0.353. The van der Waals surface area contributed by atoms with Crippen molar-refractivity contribution in [3.63, 3.8) is 0 Å². The molecule has 2 heterocycles. The fourth-order valence-electron chi connectivity index (χ4n) is 4.29. The molecule has 0 aromatic heterocycles. The van der Waals surface area contributed by atoms with E-state index >= 15 is 0 Å². The lowest BCUT2D eigenvalue weighted by Gasteiger charge is -2.39. The average Bonchev–Trinajstić information content (AvgIpc) is 2.93. The molecule has 4 rings (SSSR count). The predicted octanol–water partition coefficient (Wildman–Crippen LogP) is -2.37. The van der Waals surface area contributed by atoms with Crippen LogP contribution in [0, 0.1) is 0 Å². The fraction of sp³-hybridized carbons (Fsp3) is 0.462. The van der Waals surface area contributed by atoms with Crippen molar-refractivity contribution in [1.82, 2.24) is 0 Å². The molecule has 14 heteroatoms. The van der Waals surface area contributed by atoms with Crippen LogP contribution in [0.1, 0.15) is 11.1 Å². The maximum Gasteiger partial charge on any atom is 0.229 e. The lowest BCUT2D eigenvalue weighted by Crippen LogP contribution is -2.60. The number of aliphatic hydroxyl groups excluding tert-OH is 8. The average molecular weight is 569 g/mol. The Morgan fingerprint density at radius 2 is 1.18 bits per heavy atom. The van der Waals surface area contributed by atoms with Crippen LogP contribution in [0.15, 0.2) is 36.4 Å². The van der Waals surface area contributed by atoms with E-state index in [2.05, 4.69) is 0 Å². The second-order valence-corrected chi connectivity index (χ2v) is 9.44. The van der Waals surface area contributed by atoms with E-state index in [-0.39, 0.29) is 23.0 Å². The Morgan fingerprint density at radius 3 is 1.70 bits per heavy atom. The van der Waals surface area contributed by atoms with E-state index in [1.165, 1.54) is 48.6 Å². The van der Waals surface area contributed by atoms with Gasteiger partial charge in [-0.05, 0) is 29.8 Å². The number of ether oxygens (including phenoxy) is 4. The minimum atomic E-state index is -1.64. The molecule has 0 spiro atoms. The van der Waals surface area contributed by atoms with Crippen molar-refractivity contribution in [2.45, 2.75) is 61.4 Å². The van der Waals surface area contributed by atoms with Crippen LogP contribution in [0.25, 0.3) is 12.2 Å². The van der Waals surface area contributed by atoms with Gasteiger partial charge < -0.3 is 70.0 Å². The molecule has 0 radical (unpaired) electrons. The molecular formula is C26H32O14. The Hall–Kier alpha value is -3.02. The van der Waals surface area contributed by atoms with Gasteiger partial charge in [0.15, 0.2) is 0 Å². The maximum atomic E-state index is 10.5. The van der Waals surface area contributed by atoms with Crippen LogP contribution < -0.4 is 9.47 Å². The van der Waals surface area contributed by atoms with Crippen LogP contribution in [0.4, 0.5) is 0 Å². The van der Waals surface area contributed by atoms with E-state index in [1.54, 1.807) is 0 Å². The first-order chi connectivity index (χ1) is 19.0. The smallest absolute Gasteiger partial charge is 0.229 e. The molecule has 2 aliphatic heterocycles. The van der Waals surface area contributed by atoms with Gasteiger partial charge in [-0.25, -0.2) is 0 Å². The summed E-state index contributed by atoms with van der Waals surface area (Å²) in [6.07, 6.45) is -11.8. The quantitative estimate of drug-likeness (QED) is 0.150. The summed E-state index contributed by atoms with van der Waals surface area (Å²) in [5, 5.41) is 99.2. The zero-order valence-electron chi connectivity index (χ0n) is 20.9. The highest BCUT2D eigenvalue weighted by Gasteiger charge is 2.45. The van der Waals surface area contributed by atoms with Crippen LogP contribution in [0.2, 0.25) is 0 Å². The van der Waals surface area contributed by atoms with Crippen molar-refractivity contribution in [1.29, 1.82) is 0 Å². The van der Waals surface area contributed by atoms with Crippen LogP contribution in [0.5, 0.6) is 23.0 Å². The molecule has 10 N–H and O–H groups in total. The van der Waals surface area contributed by atoms with Gasteiger partial charge in [0.1, 0.15) is 71.8 Å². The molecule has 40 heavy (non-hydrogen) atoms. The standard InChI is InChI=1S/C26H32O14/c27-9-17-19(31)21(33)23(35)25(39-17)37-14-4-3-12(16(30)8-14)2-1-11-5-13(29)7-15(6-11)38-26-24(36)22(34)20(32)18(10-28)40-26/h1-8,17-36H,9-10H2/t17-,18-,19+,20+,21+,22+,23-,24+,25-,26+/m0/s1. The molecule has 2 aromatic rings. The number of hydrogen-bond donors (Lipinski definition) is 10. The van der Waals surface area contributed by atoms with Gasteiger partial charge in [0.2, 0.25) is 12.6 Å². The molecule has 14 nitrogen and oxygen atoms in total. The third-order valence-corrected chi connectivity index (χ3v) is 6.57. The summed E-state index contributed by atoms with van der Waals surface area (Å²) in [7, 11) is 0. The van der Waals surface area contributed by atoms with E-state index in [0.29, 0.717) is 11.1 Å². The van der Waals surface area contributed by atoms with E-state index in [0.717, 1.165) is 0 Å². The zero-order chi connectivity index (χ0) is 29.1. The van der Waals surface area contributed by atoms with Gasteiger partial charge in [-0.15, -0.1) is 0 Å². The summed E-state index contributed by atoms with van der Waals surface area (Å²) < 4.78 is 21.6. The van der Waals surface area contributed by atoms with Gasteiger partial charge in [0, 0.05) is 17.7 Å². The van der Waals surface area contributed by atoms with E-state index < -0.39 is 74.6 Å². The Morgan fingerprint density at radius 1 is 0.625 bits per heavy atom. The molecule has 220 valence electrons. The number of rotatable bonds is 8. The summed E-state index contributed by atoms with van der Waals surface area (Å²) >= 11 is 0. The van der Waals surface area contributed by atoms with Gasteiger partial charge in [0.25, 0.3) is 0 Å². The summed E-state index contributed by atoms with van der Waals surface area (Å²) in [5.41, 5.74) is 0.724. The monoisotopic (exact) mass is 568 g/mol. The summed E-state index contributed by atoms with van der Waals surface area (Å²) in [4.78, 5) is 0. The third kappa shape index (κ3) is 6.47. The van der Waals surface area contributed by atoms with Crippen molar-refractivity contribution in [3.05, 3.63) is 47.5 Å². The van der Waals surface area contributed by atoms with Crippen molar-refractivity contribution >= 4 is 12.2 Å². The molecular weight excluding hydrogens is 536 g/mol. The Bertz CT molecular complexity index is 1170. The van der Waals surface area contributed by atoms with E-state index in [4.69, 9.17) is 18.9 Å². The number of phenols is 2. The third-order valence-electron chi connectivity index (χ3n) is 6.57. The van der Waals surface area contributed by atoms with Crippen LogP contribution in [-0.4, -0.2) is 126 Å². The molecule has 2 aromatic carbocycles. The van der Waals surface area contributed by atoms with Crippen LogP contribution in [0.3, 0.4) is 0 Å². The fourth-order valence-corrected chi connectivity index (χ4v) is 4.29. The molecule has 0 aliphatic carbocycles. The van der Waals surface area contributed by atoms with Gasteiger partial charge in [-0.2, -0.15) is 0 Å². The topological polar surface area (TPSA) is 239 Å². The number of aromatic hydroxyl groups is 2. The Labute approximate surface area is 227 Å². The highest BCUT2D eigenvalue weighted by Crippen LogP contribution is 2.31. The van der Waals surface area contributed by atoms with Gasteiger partial charge in [-0.3, -0.25) is 0 Å². The van der Waals surface area contributed by atoms with Gasteiger partial charge in [-0.1, -0.05) is 12.2 Å². The highest BCUT2D eigenvalue weighted by molar-refractivity contribution is 5.74. The molecule has 0 saturated carbocycles. The van der Waals surface area contributed by atoms with Crippen molar-refractivity contribution in [2.75, 3.05) is 13.2 Å². The first-order valence-electron chi connectivity index (χ1n) is 12.3.